The highest BCUT2D eigenvalue weighted by atomic mass is 35.5. The van der Waals surface area contributed by atoms with Crippen LogP contribution >= 0.6 is 35.4 Å². The van der Waals surface area contributed by atoms with E-state index in [1.807, 2.05) is 0 Å². The van der Waals surface area contributed by atoms with E-state index in [0.29, 0.717) is 17.1 Å². The van der Waals surface area contributed by atoms with Crippen molar-refractivity contribution in [3.63, 3.8) is 0 Å². The Morgan fingerprint density at radius 3 is 2.40 bits per heavy atom. The number of anilines is 2. The number of nitrogens with zero attached hydrogens (tertiary/aromatic N) is 2. The first kappa shape index (κ1) is 14.9. The molecule has 0 aliphatic rings. The van der Waals surface area contributed by atoms with E-state index in [9.17, 15) is 4.39 Å². The monoisotopic (exact) mass is 330 g/mol. The molecule has 8 heteroatoms. The van der Waals surface area contributed by atoms with Crippen LogP contribution in [0.2, 0.25) is 10.0 Å². The summed E-state index contributed by atoms with van der Waals surface area (Å²) in [5.74, 6) is -0.403. The molecule has 2 aromatic rings. The molecule has 0 saturated carbocycles. The SMILES string of the molecule is Cc1cc(C(N)=S)nc(Nc2cc(Cl)c(F)c(Cl)c2)n1. The number of benzene rings is 1. The van der Waals surface area contributed by atoms with E-state index in [2.05, 4.69) is 15.3 Å². The van der Waals surface area contributed by atoms with Crippen LogP contribution in [-0.2, 0) is 0 Å². The average Bonchev–Trinajstić information content (AvgIpc) is 2.35. The van der Waals surface area contributed by atoms with Crippen molar-refractivity contribution in [2.75, 3.05) is 5.32 Å². The molecule has 3 N–H and O–H groups in total. The smallest absolute Gasteiger partial charge is 0.228 e. The molecule has 1 aromatic heterocycles. The zero-order valence-corrected chi connectivity index (χ0v) is 12.6. The lowest BCUT2D eigenvalue weighted by molar-refractivity contribution is 0.629. The summed E-state index contributed by atoms with van der Waals surface area (Å²) >= 11 is 16.3. The number of nitrogens with one attached hydrogen (secondary N) is 1. The Labute approximate surface area is 130 Å². The van der Waals surface area contributed by atoms with Crippen molar-refractivity contribution in [3.8, 4) is 0 Å². The quantitative estimate of drug-likeness (QED) is 0.664. The topological polar surface area (TPSA) is 63.8 Å². The third-order valence-electron chi connectivity index (χ3n) is 2.35. The minimum absolute atomic E-state index is 0.0952. The van der Waals surface area contributed by atoms with E-state index in [4.69, 9.17) is 41.2 Å². The van der Waals surface area contributed by atoms with Gasteiger partial charge in [0.05, 0.1) is 10.0 Å². The van der Waals surface area contributed by atoms with Crippen LogP contribution in [0.1, 0.15) is 11.4 Å². The van der Waals surface area contributed by atoms with Crippen LogP contribution in [0, 0.1) is 12.7 Å². The van der Waals surface area contributed by atoms with Gasteiger partial charge in [-0.3, -0.25) is 0 Å². The van der Waals surface area contributed by atoms with E-state index in [1.165, 1.54) is 12.1 Å². The molecule has 0 fully saturated rings. The van der Waals surface area contributed by atoms with Gasteiger partial charge in [0, 0.05) is 11.4 Å². The van der Waals surface area contributed by atoms with Crippen molar-refractivity contribution < 1.29 is 4.39 Å². The Bertz CT molecular complexity index is 670. The predicted octanol–water partition coefficient (Wildman–Crippen LogP) is 3.61. The van der Waals surface area contributed by atoms with Gasteiger partial charge in [0.1, 0.15) is 10.7 Å². The summed E-state index contributed by atoms with van der Waals surface area (Å²) in [7, 11) is 0. The molecule has 0 unspecified atom stereocenters. The molecular weight excluding hydrogens is 322 g/mol. The second-order valence-electron chi connectivity index (χ2n) is 3.96. The summed E-state index contributed by atoms with van der Waals surface area (Å²) < 4.78 is 13.3. The van der Waals surface area contributed by atoms with Crippen LogP contribution in [0.5, 0.6) is 0 Å². The summed E-state index contributed by atoms with van der Waals surface area (Å²) in [6, 6.07) is 4.43. The Hall–Kier alpha value is -1.50. The normalized spacial score (nSPS) is 10.4. The highest BCUT2D eigenvalue weighted by molar-refractivity contribution is 7.80. The molecule has 2 rings (SSSR count). The van der Waals surface area contributed by atoms with Crippen molar-refractivity contribution in [2.24, 2.45) is 5.73 Å². The van der Waals surface area contributed by atoms with Crippen LogP contribution in [0.4, 0.5) is 16.0 Å². The number of hydrogen-bond acceptors (Lipinski definition) is 4. The summed E-state index contributed by atoms with van der Waals surface area (Å²) in [5.41, 5.74) is 7.12. The lowest BCUT2D eigenvalue weighted by atomic mass is 10.3. The van der Waals surface area contributed by atoms with Crippen LogP contribution in [0.15, 0.2) is 18.2 Å². The Balaban J connectivity index is 2.37. The summed E-state index contributed by atoms with van der Waals surface area (Å²) in [6.07, 6.45) is 0. The van der Waals surface area contributed by atoms with Crippen molar-refractivity contribution in [2.45, 2.75) is 6.92 Å². The maximum atomic E-state index is 13.3. The van der Waals surface area contributed by atoms with Gasteiger partial charge in [0.25, 0.3) is 0 Å². The summed E-state index contributed by atoms with van der Waals surface area (Å²) in [6.45, 7) is 1.78. The van der Waals surface area contributed by atoms with Crippen molar-refractivity contribution >= 4 is 52.0 Å². The number of nitrogens with two attached hydrogens (primary N) is 1. The maximum absolute atomic E-state index is 13.3. The molecule has 0 radical (unpaired) electrons. The van der Waals surface area contributed by atoms with Gasteiger partial charge in [-0.15, -0.1) is 0 Å². The molecule has 4 nitrogen and oxygen atoms in total. The standard InChI is InChI=1S/C12H9Cl2FN4S/c1-5-2-9(11(16)20)19-12(17-5)18-6-3-7(13)10(15)8(14)4-6/h2-4H,1H3,(H2,16,20)(H,17,18,19). The zero-order valence-electron chi connectivity index (χ0n) is 10.2. The number of aryl methyl sites for hydroxylation is 1. The van der Waals surface area contributed by atoms with Crippen LogP contribution in [-0.4, -0.2) is 15.0 Å². The van der Waals surface area contributed by atoms with Crippen LogP contribution in [0.3, 0.4) is 0 Å². The minimum Gasteiger partial charge on any atom is -0.388 e. The third kappa shape index (κ3) is 3.33. The van der Waals surface area contributed by atoms with E-state index in [-0.39, 0.29) is 21.0 Å². The van der Waals surface area contributed by atoms with Gasteiger partial charge < -0.3 is 11.1 Å². The van der Waals surface area contributed by atoms with Crippen molar-refractivity contribution in [1.82, 2.24) is 9.97 Å². The summed E-state index contributed by atoms with van der Waals surface area (Å²) in [4.78, 5) is 8.48. The molecule has 0 aliphatic heterocycles. The Morgan fingerprint density at radius 1 is 1.25 bits per heavy atom. The fourth-order valence-electron chi connectivity index (χ4n) is 1.51. The molecule has 20 heavy (non-hydrogen) atoms. The van der Waals surface area contributed by atoms with Gasteiger partial charge in [-0.25, -0.2) is 14.4 Å². The van der Waals surface area contributed by atoms with Gasteiger partial charge >= 0.3 is 0 Å². The van der Waals surface area contributed by atoms with Gasteiger partial charge in [-0.2, -0.15) is 0 Å². The van der Waals surface area contributed by atoms with Crippen LogP contribution in [0.25, 0.3) is 0 Å². The number of thiocarbonyl (C=S) groups is 1. The first-order valence-corrected chi connectivity index (χ1v) is 6.60. The fraction of sp³-hybridized carbons (Fsp3) is 0.0833. The van der Waals surface area contributed by atoms with Crippen LogP contribution < -0.4 is 11.1 Å². The van der Waals surface area contributed by atoms with Crippen molar-refractivity contribution in [3.05, 3.63) is 45.4 Å². The summed E-state index contributed by atoms with van der Waals surface area (Å²) in [5, 5.41) is 2.69. The molecule has 0 spiro atoms. The first-order valence-electron chi connectivity index (χ1n) is 5.44. The zero-order chi connectivity index (χ0) is 14.9. The van der Waals surface area contributed by atoms with Gasteiger partial charge in [-0.1, -0.05) is 35.4 Å². The molecular formula is C12H9Cl2FN4S. The highest BCUT2D eigenvalue weighted by Crippen LogP contribution is 2.28. The van der Waals surface area contributed by atoms with Gasteiger partial charge in [0.2, 0.25) is 5.95 Å². The first-order chi connectivity index (χ1) is 9.36. The molecule has 0 amide bonds. The predicted molar refractivity (Wildman–Crippen MR) is 82.4 cm³/mol. The molecule has 1 aromatic carbocycles. The Kier molecular flexibility index (Phi) is 4.37. The third-order valence-corrected chi connectivity index (χ3v) is 3.11. The second-order valence-corrected chi connectivity index (χ2v) is 5.22. The van der Waals surface area contributed by atoms with Gasteiger partial charge in [-0.05, 0) is 25.1 Å². The van der Waals surface area contributed by atoms with Gasteiger partial charge in [0.15, 0.2) is 5.82 Å². The Morgan fingerprint density at radius 2 is 1.85 bits per heavy atom. The molecule has 104 valence electrons. The number of aromatic nitrogens is 2. The van der Waals surface area contributed by atoms with E-state index < -0.39 is 5.82 Å². The van der Waals surface area contributed by atoms with Crippen molar-refractivity contribution in [1.29, 1.82) is 0 Å². The molecule has 1 heterocycles. The largest absolute Gasteiger partial charge is 0.388 e. The fourth-order valence-corrected chi connectivity index (χ4v) is 2.10. The lowest BCUT2D eigenvalue weighted by Gasteiger charge is -2.09. The number of halogens is 3. The number of hydrogen-bond donors (Lipinski definition) is 2. The minimum atomic E-state index is -0.673. The molecule has 0 aliphatic carbocycles. The highest BCUT2D eigenvalue weighted by Gasteiger charge is 2.10. The second kappa shape index (κ2) is 5.87. The molecule has 0 saturated heterocycles. The van der Waals surface area contributed by atoms with E-state index in [1.54, 1.807) is 13.0 Å². The van der Waals surface area contributed by atoms with E-state index >= 15 is 0 Å². The maximum Gasteiger partial charge on any atom is 0.228 e. The molecule has 0 atom stereocenters. The average molecular weight is 331 g/mol. The van der Waals surface area contributed by atoms with E-state index in [0.717, 1.165) is 0 Å². The lowest BCUT2D eigenvalue weighted by Crippen LogP contribution is -2.13. The number of rotatable bonds is 3. The molecule has 0 bridgehead atoms.